The minimum atomic E-state index is -0.319. The van der Waals surface area contributed by atoms with Gasteiger partial charge in [0.15, 0.2) is 11.6 Å². The lowest BCUT2D eigenvalue weighted by atomic mass is 9.77. The van der Waals surface area contributed by atoms with Crippen molar-refractivity contribution in [2.45, 2.75) is 25.7 Å². The molecule has 3 aromatic heterocycles. The summed E-state index contributed by atoms with van der Waals surface area (Å²) >= 11 is 0. The van der Waals surface area contributed by atoms with Crippen molar-refractivity contribution in [1.29, 1.82) is 0 Å². The number of tetrazole rings is 1. The Hall–Kier alpha value is -3.54. The van der Waals surface area contributed by atoms with Gasteiger partial charge in [-0.1, -0.05) is 0 Å². The van der Waals surface area contributed by atoms with Gasteiger partial charge >= 0.3 is 0 Å². The molecule has 12 nitrogen and oxygen atoms in total. The summed E-state index contributed by atoms with van der Waals surface area (Å²) in [7, 11) is 1.60. The first-order chi connectivity index (χ1) is 15.5. The van der Waals surface area contributed by atoms with Gasteiger partial charge < -0.3 is 4.90 Å². The third-order valence-electron chi connectivity index (χ3n) is 6.52. The Morgan fingerprint density at radius 1 is 0.969 bits per heavy atom. The molecule has 5 rings (SSSR count). The van der Waals surface area contributed by atoms with E-state index in [4.69, 9.17) is 0 Å². The molecule has 1 spiro atoms. The average Bonchev–Trinajstić information content (AvgIpc) is 3.46. The van der Waals surface area contributed by atoms with Crippen molar-refractivity contribution >= 4 is 11.7 Å². The Kier molecular flexibility index (Phi) is 5.21. The Morgan fingerprint density at radius 2 is 1.75 bits per heavy atom. The summed E-state index contributed by atoms with van der Waals surface area (Å²) < 4.78 is 2.74. The van der Waals surface area contributed by atoms with Crippen molar-refractivity contribution in [3.05, 3.63) is 46.6 Å². The Labute approximate surface area is 183 Å². The molecule has 2 saturated heterocycles. The fraction of sp³-hybridized carbons (Fsp3) is 0.500. The molecule has 0 saturated carbocycles. The second-order valence-corrected chi connectivity index (χ2v) is 8.37. The van der Waals surface area contributed by atoms with Crippen LogP contribution in [0.3, 0.4) is 0 Å². The van der Waals surface area contributed by atoms with Crippen LogP contribution in [0.2, 0.25) is 0 Å². The fourth-order valence-electron chi connectivity index (χ4n) is 4.49. The fourth-order valence-corrected chi connectivity index (χ4v) is 4.49. The zero-order chi connectivity index (χ0) is 22.1. The molecular formula is C20H24N10O2. The number of piperidine rings is 1. The van der Waals surface area contributed by atoms with Gasteiger partial charge in [0.25, 0.3) is 5.56 Å². The number of aryl methyl sites for hydroxylation is 1. The number of carbonyl (C=O) groups excluding carboxylic acids is 1. The van der Waals surface area contributed by atoms with Crippen molar-refractivity contribution < 1.29 is 4.79 Å². The van der Waals surface area contributed by atoms with Crippen molar-refractivity contribution in [3.63, 3.8) is 0 Å². The third-order valence-corrected chi connectivity index (χ3v) is 6.52. The molecular weight excluding hydrogens is 412 g/mol. The van der Waals surface area contributed by atoms with Crippen LogP contribution in [0.1, 0.15) is 25.0 Å². The smallest absolute Gasteiger partial charge is 0.266 e. The topological polar surface area (TPSA) is 128 Å². The molecule has 0 N–H and O–H groups in total. The SMILES string of the molecule is Cn1nc(N2CCC3(CCN(CCc4ccc(-n5cnnn5)nn4)CC3)C2=O)ccc1=O. The van der Waals surface area contributed by atoms with Gasteiger partial charge in [-0.15, -0.1) is 10.2 Å². The molecule has 1 amide bonds. The molecule has 2 aliphatic heterocycles. The van der Waals surface area contributed by atoms with Gasteiger partial charge in [0.1, 0.15) is 6.33 Å². The normalized spacial score (nSPS) is 18.5. The Bertz CT molecular complexity index is 1150. The first kappa shape index (κ1) is 20.4. The Balaban J connectivity index is 1.16. The van der Waals surface area contributed by atoms with E-state index < -0.39 is 0 Å². The molecule has 5 heterocycles. The van der Waals surface area contributed by atoms with Gasteiger partial charge in [-0.3, -0.25) is 14.5 Å². The van der Waals surface area contributed by atoms with Gasteiger partial charge in [-0.25, -0.2) is 4.68 Å². The van der Waals surface area contributed by atoms with E-state index in [9.17, 15) is 9.59 Å². The van der Waals surface area contributed by atoms with E-state index in [0.717, 1.165) is 51.0 Å². The second-order valence-electron chi connectivity index (χ2n) is 8.37. The Morgan fingerprint density at radius 3 is 2.44 bits per heavy atom. The van der Waals surface area contributed by atoms with Crippen LogP contribution in [-0.2, 0) is 18.3 Å². The molecule has 166 valence electrons. The molecule has 0 radical (unpaired) electrons. The van der Waals surface area contributed by atoms with Crippen LogP contribution in [0, 0.1) is 5.41 Å². The maximum absolute atomic E-state index is 13.2. The lowest BCUT2D eigenvalue weighted by molar-refractivity contribution is -0.128. The summed E-state index contributed by atoms with van der Waals surface area (Å²) in [5.41, 5.74) is 0.407. The number of aromatic nitrogens is 8. The van der Waals surface area contributed by atoms with Gasteiger partial charge in [-0.2, -0.15) is 14.9 Å². The largest absolute Gasteiger partial charge is 0.303 e. The van der Waals surface area contributed by atoms with E-state index in [1.807, 2.05) is 12.1 Å². The molecule has 2 fully saturated rings. The molecule has 0 aliphatic carbocycles. The molecule has 3 aromatic rings. The van der Waals surface area contributed by atoms with E-state index in [0.29, 0.717) is 18.2 Å². The van der Waals surface area contributed by atoms with E-state index in [2.05, 4.69) is 35.7 Å². The lowest BCUT2D eigenvalue weighted by Gasteiger charge is -2.37. The van der Waals surface area contributed by atoms with E-state index in [1.54, 1.807) is 18.0 Å². The maximum atomic E-state index is 13.2. The second kappa shape index (κ2) is 8.19. The van der Waals surface area contributed by atoms with Gasteiger partial charge in [0.05, 0.1) is 11.1 Å². The minimum Gasteiger partial charge on any atom is -0.303 e. The van der Waals surface area contributed by atoms with Gasteiger partial charge in [0.2, 0.25) is 5.91 Å². The number of likely N-dealkylation sites (tertiary alicyclic amines) is 1. The maximum Gasteiger partial charge on any atom is 0.266 e. The molecule has 2 aliphatic rings. The van der Waals surface area contributed by atoms with Crippen LogP contribution < -0.4 is 10.5 Å². The third kappa shape index (κ3) is 3.77. The molecule has 0 atom stereocenters. The monoisotopic (exact) mass is 436 g/mol. The summed E-state index contributed by atoms with van der Waals surface area (Å²) in [6.45, 7) is 3.26. The number of anilines is 1. The first-order valence-corrected chi connectivity index (χ1v) is 10.7. The number of rotatable bonds is 5. The standard InChI is InChI=1S/C20H24N10O2/c1-27-18(31)5-4-17(24-27)29-13-9-20(19(29)32)7-11-28(12-8-20)10-6-15-2-3-16(23-22-15)30-14-21-25-26-30/h2-5,14H,6-13H2,1H3. The highest BCUT2D eigenvalue weighted by molar-refractivity contribution is 5.99. The highest BCUT2D eigenvalue weighted by Crippen LogP contribution is 2.42. The lowest BCUT2D eigenvalue weighted by Crippen LogP contribution is -2.45. The van der Waals surface area contributed by atoms with Crippen molar-refractivity contribution in [2.24, 2.45) is 12.5 Å². The van der Waals surface area contributed by atoms with Crippen molar-refractivity contribution in [1.82, 2.24) is 45.1 Å². The summed E-state index contributed by atoms with van der Waals surface area (Å²) in [5.74, 6) is 1.27. The number of hydrogen-bond donors (Lipinski definition) is 0. The van der Waals surface area contributed by atoms with Crippen LogP contribution in [0.5, 0.6) is 0 Å². The average molecular weight is 436 g/mol. The molecule has 32 heavy (non-hydrogen) atoms. The summed E-state index contributed by atoms with van der Waals surface area (Å²) in [4.78, 5) is 29.0. The van der Waals surface area contributed by atoms with Crippen LogP contribution >= 0.6 is 0 Å². The van der Waals surface area contributed by atoms with Gasteiger partial charge in [-0.05, 0) is 61.0 Å². The number of hydrogen-bond acceptors (Lipinski definition) is 9. The zero-order valence-corrected chi connectivity index (χ0v) is 17.8. The van der Waals surface area contributed by atoms with Crippen molar-refractivity contribution in [3.8, 4) is 5.82 Å². The molecule has 0 aromatic carbocycles. The minimum absolute atomic E-state index is 0.132. The zero-order valence-electron chi connectivity index (χ0n) is 17.8. The molecule has 0 unspecified atom stereocenters. The van der Waals surface area contributed by atoms with E-state index in [1.165, 1.54) is 21.8 Å². The summed E-state index contributed by atoms with van der Waals surface area (Å²) in [6.07, 6.45) is 4.76. The summed E-state index contributed by atoms with van der Waals surface area (Å²) in [5, 5.41) is 23.7. The van der Waals surface area contributed by atoms with Crippen LogP contribution in [-0.4, -0.2) is 77.2 Å². The van der Waals surface area contributed by atoms with Crippen molar-refractivity contribution in [2.75, 3.05) is 31.1 Å². The highest BCUT2D eigenvalue weighted by atomic mass is 16.2. The number of amides is 1. The summed E-state index contributed by atoms with van der Waals surface area (Å²) in [6, 6.07) is 6.89. The van der Waals surface area contributed by atoms with Crippen LogP contribution in [0.25, 0.3) is 5.82 Å². The van der Waals surface area contributed by atoms with E-state index in [-0.39, 0.29) is 16.9 Å². The van der Waals surface area contributed by atoms with Gasteiger partial charge in [0, 0.05) is 32.6 Å². The number of carbonyl (C=O) groups is 1. The molecule has 0 bridgehead atoms. The molecule has 12 heteroatoms. The predicted octanol–water partition coefficient (Wildman–Crippen LogP) is -0.392. The number of nitrogens with zero attached hydrogens (tertiary/aromatic N) is 10. The quantitative estimate of drug-likeness (QED) is 0.525. The van der Waals surface area contributed by atoms with Crippen LogP contribution in [0.15, 0.2) is 35.4 Å². The van der Waals surface area contributed by atoms with E-state index >= 15 is 0 Å². The highest BCUT2D eigenvalue weighted by Gasteiger charge is 2.48. The first-order valence-electron chi connectivity index (χ1n) is 10.7. The van der Waals surface area contributed by atoms with Crippen LogP contribution in [0.4, 0.5) is 5.82 Å². The predicted molar refractivity (Wildman–Crippen MR) is 113 cm³/mol.